The van der Waals surface area contributed by atoms with E-state index in [9.17, 15) is 19.7 Å². The highest BCUT2D eigenvalue weighted by atomic mass is 35.5. The molecule has 8 nitrogen and oxygen atoms in total. The molecule has 35 heavy (non-hydrogen) atoms. The lowest BCUT2D eigenvalue weighted by Crippen LogP contribution is -2.18. The van der Waals surface area contributed by atoms with Crippen LogP contribution in [0.4, 0.5) is 5.69 Å². The van der Waals surface area contributed by atoms with Crippen LogP contribution in [-0.4, -0.2) is 28.9 Å². The number of aromatic nitrogens is 1. The molecule has 1 aromatic heterocycles. The summed E-state index contributed by atoms with van der Waals surface area (Å²) in [5.41, 5.74) is 0.842. The number of nitrogens with one attached hydrogen (secondary N) is 1. The van der Waals surface area contributed by atoms with Gasteiger partial charge in [0.15, 0.2) is 17.3 Å². The molecule has 0 fully saturated rings. The molecule has 1 aliphatic rings. The Labute approximate surface area is 203 Å². The fourth-order valence-electron chi connectivity index (χ4n) is 4.04. The van der Waals surface area contributed by atoms with E-state index in [4.69, 9.17) is 21.1 Å². The number of fused-ring (bicyclic) bond motifs is 2. The van der Waals surface area contributed by atoms with Crippen molar-refractivity contribution in [2.45, 2.75) is 0 Å². The fourth-order valence-corrected chi connectivity index (χ4v) is 4.21. The zero-order valence-corrected chi connectivity index (χ0v) is 18.9. The number of allylic oxidation sites excluding steroid dienone is 1. The summed E-state index contributed by atoms with van der Waals surface area (Å²) in [7, 11) is 0. The largest absolute Gasteiger partial charge is 0.486 e. The van der Waals surface area contributed by atoms with Crippen LogP contribution in [0, 0.1) is 10.1 Å². The number of aromatic amines is 1. The van der Waals surface area contributed by atoms with Crippen LogP contribution in [0.25, 0.3) is 28.1 Å². The van der Waals surface area contributed by atoms with Crippen molar-refractivity contribution in [3.63, 3.8) is 0 Å². The Morgan fingerprint density at radius 1 is 1.03 bits per heavy atom. The number of ether oxygens (including phenoxy) is 2. The van der Waals surface area contributed by atoms with Crippen molar-refractivity contribution in [1.29, 1.82) is 0 Å². The number of ketones is 1. The normalized spacial score (nSPS) is 12.7. The highest BCUT2D eigenvalue weighted by molar-refractivity contribution is 6.31. The zero-order chi connectivity index (χ0) is 24.5. The van der Waals surface area contributed by atoms with Gasteiger partial charge < -0.3 is 14.5 Å². The maximum Gasteiger partial charge on any atom is 0.280 e. The van der Waals surface area contributed by atoms with Crippen molar-refractivity contribution in [2.24, 2.45) is 0 Å². The number of hydrogen-bond donors (Lipinski definition) is 1. The lowest BCUT2D eigenvalue weighted by molar-refractivity contribution is -0.385. The van der Waals surface area contributed by atoms with Gasteiger partial charge in [0.1, 0.15) is 13.2 Å². The molecule has 0 radical (unpaired) electrons. The quantitative estimate of drug-likeness (QED) is 0.174. The Morgan fingerprint density at radius 3 is 2.46 bits per heavy atom. The Morgan fingerprint density at radius 2 is 1.74 bits per heavy atom. The number of nitrogens with zero attached hydrogens (tertiary/aromatic N) is 1. The molecular formula is C26H17ClN2O6. The van der Waals surface area contributed by atoms with Gasteiger partial charge in [0.2, 0.25) is 0 Å². The molecule has 0 aliphatic carbocycles. The summed E-state index contributed by atoms with van der Waals surface area (Å²) in [5, 5.41) is 12.7. The van der Waals surface area contributed by atoms with Crippen molar-refractivity contribution < 1.29 is 19.2 Å². The lowest BCUT2D eigenvalue weighted by atomic mass is 9.94. The van der Waals surface area contributed by atoms with Gasteiger partial charge in [-0.25, -0.2) is 0 Å². The van der Waals surface area contributed by atoms with Gasteiger partial charge in [-0.05, 0) is 42.0 Å². The number of carbonyl (C=O) groups is 1. The SMILES string of the molecule is O=C(C=Cc1cc2c(cc1[N+](=O)[O-])OCCO2)c1c(-c2ccccc2)c2cc(Cl)ccc2[nH]c1=O. The second-order valence-electron chi connectivity index (χ2n) is 7.77. The number of hydrogen-bond acceptors (Lipinski definition) is 6. The van der Waals surface area contributed by atoms with Gasteiger partial charge >= 0.3 is 0 Å². The third-order valence-electron chi connectivity index (χ3n) is 5.59. The highest BCUT2D eigenvalue weighted by Crippen LogP contribution is 2.37. The molecule has 0 amide bonds. The topological polar surface area (TPSA) is 112 Å². The summed E-state index contributed by atoms with van der Waals surface area (Å²) < 4.78 is 10.9. The summed E-state index contributed by atoms with van der Waals surface area (Å²) >= 11 is 6.22. The first-order valence-corrected chi connectivity index (χ1v) is 11.0. The molecule has 1 aliphatic heterocycles. The van der Waals surface area contributed by atoms with Gasteiger partial charge in [0.25, 0.3) is 11.2 Å². The van der Waals surface area contributed by atoms with E-state index in [1.54, 1.807) is 42.5 Å². The number of pyridine rings is 1. The van der Waals surface area contributed by atoms with Gasteiger partial charge in [0.05, 0.1) is 22.1 Å². The maximum absolute atomic E-state index is 13.4. The molecule has 0 spiro atoms. The predicted octanol–water partition coefficient (Wildman–Crippen LogP) is 5.42. The summed E-state index contributed by atoms with van der Waals surface area (Å²) in [4.78, 5) is 40.2. The first kappa shape index (κ1) is 22.4. The third-order valence-corrected chi connectivity index (χ3v) is 5.82. The van der Waals surface area contributed by atoms with Crippen LogP contribution in [0.2, 0.25) is 5.02 Å². The Hall–Kier alpha value is -4.43. The Kier molecular flexibility index (Phi) is 5.80. The number of nitro benzene ring substituents is 1. The summed E-state index contributed by atoms with van der Waals surface area (Å²) in [5.74, 6) is -0.00562. The zero-order valence-electron chi connectivity index (χ0n) is 18.1. The standard InChI is InChI=1S/C26H17ClN2O6/c27-17-7-8-19-18(13-17)24(15-4-2-1-3-5-15)25(26(31)28-19)21(30)9-6-16-12-22-23(35-11-10-34-22)14-20(16)29(32)33/h1-9,12-14H,10-11H2,(H,28,31). The summed E-state index contributed by atoms with van der Waals surface area (Å²) in [6, 6.07) is 16.7. The minimum Gasteiger partial charge on any atom is -0.486 e. The van der Waals surface area contributed by atoms with Crippen LogP contribution in [0.1, 0.15) is 15.9 Å². The Bertz CT molecular complexity index is 1580. The molecule has 174 valence electrons. The molecule has 2 heterocycles. The monoisotopic (exact) mass is 488 g/mol. The van der Waals surface area contributed by atoms with E-state index in [0.29, 0.717) is 39.4 Å². The smallest absolute Gasteiger partial charge is 0.280 e. The molecule has 1 N–H and O–H groups in total. The van der Waals surface area contributed by atoms with Crippen LogP contribution in [-0.2, 0) is 0 Å². The molecule has 0 unspecified atom stereocenters. The van der Waals surface area contributed by atoms with E-state index in [1.807, 2.05) is 6.07 Å². The minimum absolute atomic E-state index is 0.0950. The second kappa shape index (κ2) is 9.08. The molecule has 4 aromatic rings. The number of carbonyl (C=O) groups excluding carboxylic acids is 1. The molecule has 0 saturated heterocycles. The summed E-state index contributed by atoms with van der Waals surface area (Å²) in [6.45, 7) is 0.594. The third kappa shape index (κ3) is 4.27. The van der Waals surface area contributed by atoms with Gasteiger partial charge in [-0.2, -0.15) is 0 Å². The van der Waals surface area contributed by atoms with E-state index in [0.717, 1.165) is 6.08 Å². The maximum atomic E-state index is 13.4. The first-order valence-electron chi connectivity index (χ1n) is 10.6. The van der Waals surface area contributed by atoms with Crippen molar-refractivity contribution in [3.8, 4) is 22.6 Å². The highest BCUT2D eigenvalue weighted by Gasteiger charge is 2.23. The van der Waals surface area contributed by atoms with Crippen LogP contribution >= 0.6 is 11.6 Å². The van der Waals surface area contributed by atoms with Crippen LogP contribution in [0.5, 0.6) is 11.5 Å². The van der Waals surface area contributed by atoms with E-state index >= 15 is 0 Å². The first-order chi connectivity index (χ1) is 16.9. The summed E-state index contributed by atoms with van der Waals surface area (Å²) in [6.07, 6.45) is 2.45. The number of benzene rings is 3. The molecular weight excluding hydrogens is 472 g/mol. The molecule has 0 atom stereocenters. The van der Waals surface area contributed by atoms with Crippen molar-refractivity contribution >= 4 is 40.1 Å². The average Bonchev–Trinajstić information content (AvgIpc) is 2.86. The molecule has 0 saturated carbocycles. The molecule has 3 aromatic carbocycles. The molecule has 5 rings (SSSR count). The van der Waals surface area contributed by atoms with Gasteiger partial charge in [-0.15, -0.1) is 0 Å². The number of halogens is 1. The van der Waals surface area contributed by atoms with E-state index in [2.05, 4.69) is 4.98 Å². The van der Waals surface area contributed by atoms with Crippen LogP contribution in [0.15, 0.2) is 71.5 Å². The lowest BCUT2D eigenvalue weighted by Gasteiger charge is -2.18. The van der Waals surface area contributed by atoms with E-state index in [-0.39, 0.29) is 29.2 Å². The van der Waals surface area contributed by atoms with Crippen molar-refractivity contribution in [1.82, 2.24) is 4.98 Å². The Balaban J connectivity index is 1.66. The second-order valence-corrected chi connectivity index (χ2v) is 8.21. The minimum atomic E-state index is -0.615. The fraction of sp³-hybridized carbons (Fsp3) is 0.0769. The number of rotatable bonds is 5. The number of nitro groups is 1. The van der Waals surface area contributed by atoms with Crippen LogP contribution < -0.4 is 15.0 Å². The predicted molar refractivity (Wildman–Crippen MR) is 132 cm³/mol. The van der Waals surface area contributed by atoms with Crippen LogP contribution in [0.3, 0.4) is 0 Å². The van der Waals surface area contributed by atoms with E-state index in [1.165, 1.54) is 18.2 Å². The van der Waals surface area contributed by atoms with Crippen molar-refractivity contribution in [3.05, 3.63) is 103 Å². The number of H-pyrrole nitrogens is 1. The average molecular weight is 489 g/mol. The molecule has 0 bridgehead atoms. The van der Waals surface area contributed by atoms with Crippen molar-refractivity contribution in [2.75, 3.05) is 13.2 Å². The van der Waals surface area contributed by atoms with Gasteiger partial charge in [-0.1, -0.05) is 41.9 Å². The van der Waals surface area contributed by atoms with E-state index < -0.39 is 16.3 Å². The van der Waals surface area contributed by atoms with Gasteiger partial charge in [0, 0.05) is 21.5 Å². The molecule has 9 heteroatoms. The van der Waals surface area contributed by atoms with Gasteiger partial charge in [-0.3, -0.25) is 19.7 Å².